The van der Waals surface area contributed by atoms with E-state index in [0.29, 0.717) is 12.0 Å². The van der Waals surface area contributed by atoms with Gasteiger partial charge in [-0.1, -0.05) is 6.07 Å². The number of nitrogens with one attached hydrogen (secondary N) is 1. The molecule has 3 rings (SSSR count). The van der Waals surface area contributed by atoms with Crippen LogP contribution in [-0.2, 0) is 4.79 Å². The van der Waals surface area contributed by atoms with Crippen molar-refractivity contribution in [3.63, 3.8) is 0 Å². The summed E-state index contributed by atoms with van der Waals surface area (Å²) in [7, 11) is 0. The molecule has 1 aromatic heterocycles. The summed E-state index contributed by atoms with van der Waals surface area (Å²) in [5.74, 6) is -0.120. The first kappa shape index (κ1) is 12.6. The van der Waals surface area contributed by atoms with Gasteiger partial charge < -0.3 is 5.32 Å². The van der Waals surface area contributed by atoms with Crippen molar-refractivity contribution in [3.8, 4) is 6.07 Å². The van der Waals surface area contributed by atoms with E-state index in [1.807, 2.05) is 19.1 Å². The smallest absolute Gasteiger partial charge is 0.161 e. The van der Waals surface area contributed by atoms with Crippen molar-refractivity contribution in [1.82, 2.24) is 10.3 Å². The summed E-state index contributed by atoms with van der Waals surface area (Å²) in [6, 6.07) is 6.03. The van der Waals surface area contributed by atoms with E-state index in [4.69, 9.17) is 0 Å². The molecular weight excluding hydrogens is 250 g/mol. The van der Waals surface area contributed by atoms with Crippen LogP contribution in [0.4, 0.5) is 0 Å². The fourth-order valence-corrected chi connectivity index (χ4v) is 3.01. The van der Waals surface area contributed by atoms with Crippen molar-refractivity contribution >= 4 is 5.78 Å². The van der Waals surface area contributed by atoms with Crippen molar-refractivity contribution in [2.24, 2.45) is 0 Å². The Morgan fingerprint density at radius 3 is 3.00 bits per heavy atom. The number of ketones is 1. The molecule has 100 valence electrons. The van der Waals surface area contributed by atoms with Gasteiger partial charge in [0.1, 0.15) is 0 Å². The lowest BCUT2D eigenvalue weighted by Gasteiger charge is -2.32. The van der Waals surface area contributed by atoms with Crippen LogP contribution in [0, 0.1) is 11.3 Å². The lowest BCUT2D eigenvalue weighted by atomic mass is 9.76. The molecule has 4 nitrogen and oxygen atoms in total. The molecule has 0 spiro atoms. The number of Topliss-reactive ketones (excluding diaryl/α,β-unsaturated/α-hetero) is 1. The molecule has 4 heteroatoms. The van der Waals surface area contributed by atoms with Crippen LogP contribution in [0.3, 0.4) is 0 Å². The maximum Gasteiger partial charge on any atom is 0.161 e. The maximum absolute atomic E-state index is 12.3. The average Bonchev–Trinajstić information content (AvgIpc) is 2.47. The number of allylic oxidation sites excluding steroid dienone is 4. The van der Waals surface area contributed by atoms with Crippen molar-refractivity contribution in [2.75, 3.05) is 0 Å². The molecule has 2 heterocycles. The summed E-state index contributed by atoms with van der Waals surface area (Å²) in [6.07, 6.45) is 5.75. The summed E-state index contributed by atoms with van der Waals surface area (Å²) in [6.45, 7) is 1.89. The molecule has 0 aromatic carbocycles. The highest BCUT2D eigenvalue weighted by atomic mass is 16.1. The largest absolute Gasteiger partial charge is 0.361 e. The van der Waals surface area contributed by atoms with Crippen LogP contribution in [0.5, 0.6) is 0 Å². The molecule has 1 N–H and O–H groups in total. The number of hydrogen-bond donors (Lipinski definition) is 1. The predicted molar refractivity (Wildman–Crippen MR) is 74.3 cm³/mol. The van der Waals surface area contributed by atoms with Crippen LogP contribution in [0.1, 0.15) is 37.7 Å². The minimum Gasteiger partial charge on any atom is -0.361 e. The van der Waals surface area contributed by atoms with Crippen LogP contribution in [-0.4, -0.2) is 10.8 Å². The van der Waals surface area contributed by atoms with Gasteiger partial charge in [-0.25, -0.2) is 0 Å². The third-order valence-corrected chi connectivity index (χ3v) is 3.91. The normalized spacial score (nSPS) is 22.2. The molecule has 1 atom stereocenters. The third-order valence-electron chi connectivity index (χ3n) is 3.91. The topological polar surface area (TPSA) is 65.8 Å². The molecule has 0 unspecified atom stereocenters. The van der Waals surface area contributed by atoms with Crippen LogP contribution < -0.4 is 5.32 Å². The first-order chi connectivity index (χ1) is 9.72. The lowest BCUT2D eigenvalue weighted by Crippen LogP contribution is -2.31. The Bertz CT molecular complexity index is 665. The Hall–Kier alpha value is -2.41. The Morgan fingerprint density at radius 1 is 1.45 bits per heavy atom. The zero-order valence-corrected chi connectivity index (χ0v) is 11.3. The number of aromatic nitrogens is 1. The van der Waals surface area contributed by atoms with Crippen molar-refractivity contribution in [1.29, 1.82) is 5.26 Å². The highest BCUT2D eigenvalue weighted by molar-refractivity contribution is 5.99. The summed E-state index contributed by atoms with van der Waals surface area (Å²) >= 11 is 0. The van der Waals surface area contributed by atoms with Gasteiger partial charge in [0.15, 0.2) is 5.78 Å². The van der Waals surface area contributed by atoms with Crippen LogP contribution in [0.2, 0.25) is 0 Å². The summed E-state index contributed by atoms with van der Waals surface area (Å²) < 4.78 is 0. The number of dihydropyridines is 1. The Labute approximate surface area is 117 Å². The third kappa shape index (κ3) is 1.92. The molecule has 0 amide bonds. The first-order valence-electron chi connectivity index (χ1n) is 6.76. The first-order valence-corrected chi connectivity index (χ1v) is 6.76. The second-order valence-electron chi connectivity index (χ2n) is 5.16. The standard InChI is InChI=1S/C16H15N3O/c1-10-12(8-17)15(11-4-3-7-18-9-11)16-13(19-10)5-2-6-14(16)20/h3-4,7,9,15,19H,2,5-6H2,1H3/t15-/m0/s1. The minimum absolute atomic E-state index is 0.146. The zero-order chi connectivity index (χ0) is 14.1. The number of hydrogen-bond acceptors (Lipinski definition) is 4. The fraction of sp³-hybridized carbons (Fsp3) is 0.312. The van der Waals surface area contributed by atoms with Gasteiger partial charge in [0, 0.05) is 35.8 Å². The van der Waals surface area contributed by atoms with E-state index in [1.165, 1.54) is 0 Å². The van der Waals surface area contributed by atoms with Gasteiger partial charge in [-0.15, -0.1) is 0 Å². The number of carbonyl (C=O) groups is 1. The minimum atomic E-state index is -0.266. The Morgan fingerprint density at radius 2 is 2.30 bits per heavy atom. The van der Waals surface area contributed by atoms with Gasteiger partial charge in [0.2, 0.25) is 0 Å². The molecule has 20 heavy (non-hydrogen) atoms. The number of nitriles is 1. The second kappa shape index (κ2) is 4.93. The molecule has 0 fully saturated rings. The molecule has 2 aliphatic rings. The second-order valence-corrected chi connectivity index (χ2v) is 5.16. The van der Waals surface area contributed by atoms with E-state index in [-0.39, 0.29) is 11.7 Å². The number of rotatable bonds is 1. The van der Waals surface area contributed by atoms with Crippen LogP contribution in [0.25, 0.3) is 0 Å². The quantitative estimate of drug-likeness (QED) is 0.847. The number of nitrogens with zero attached hydrogens (tertiary/aromatic N) is 2. The Balaban J connectivity index is 2.18. The van der Waals surface area contributed by atoms with Gasteiger partial charge in [0.05, 0.1) is 17.6 Å². The lowest BCUT2D eigenvalue weighted by molar-refractivity contribution is -0.116. The van der Waals surface area contributed by atoms with Gasteiger partial charge in [0.25, 0.3) is 0 Å². The van der Waals surface area contributed by atoms with Crippen molar-refractivity contribution in [2.45, 2.75) is 32.1 Å². The van der Waals surface area contributed by atoms with Gasteiger partial charge >= 0.3 is 0 Å². The van der Waals surface area contributed by atoms with Gasteiger partial charge in [-0.2, -0.15) is 5.26 Å². The highest BCUT2D eigenvalue weighted by Crippen LogP contribution is 2.41. The fourth-order valence-electron chi connectivity index (χ4n) is 3.01. The number of pyridine rings is 1. The molecular formula is C16H15N3O. The monoisotopic (exact) mass is 265 g/mol. The van der Waals surface area contributed by atoms with E-state index >= 15 is 0 Å². The van der Waals surface area contributed by atoms with Crippen molar-refractivity contribution < 1.29 is 4.79 Å². The maximum atomic E-state index is 12.3. The summed E-state index contributed by atoms with van der Waals surface area (Å²) in [5.41, 5.74) is 4.10. The summed E-state index contributed by atoms with van der Waals surface area (Å²) in [4.78, 5) is 16.5. The van der Waals surface area contributed by atoms with E-state index in [2.05, 4.69) is 16.4 Å². The van der Waals surface area contributed by atoms with E-state index < -0.39 is 0 Å². The predicted octanol–water partition coefficient (Wildman–Crippen LogP) is 2.57. The molecule has 1 aromatic rings. The van der Waals surface area contributed by atoms with E-state index in [0.717, 1.165) is 35.4 Å². The molecule has 0 radical (unpaired) electrons. The molecule has 0 bridgehead atoms. The van der Waals surface area contributed by atoms with E-state index in [1.54, 1.807) is 12.4 Å². The molecule has 1 aliphatic carbocycles. The average molecular weight is 265 g/mol. The number of carbonyl (C=O) groups excluding carboxylic acids is 1. The van der Waals surface area contributed by atoms with Crippen LogP contribution >= 0.6 is 0 Å². The van der Waals surface area contributed by atoms with Crippen molar-refractivity contribution in [3.05, 3.63) is 52.6 Å². The molecule has 0 saturated carbocycles. The van der Waals surface area contributed by atoms with Gasteiger partial charge in [-0.3, -0.25) is 9.78 Å². The Kier molecular flexibility index (Phi) is 3.11. The SMILES string of the molecule is CC1=C(C#N)[C@H](c2cccnc2)C2=C(CCCC2=O)N1. The summed E-state index contributed by atoms with van der Waals surface area (Å²) in [5, 5.41) is 12.7. The highest BCUT2D eigenvalue weighted by Gasteiger charge is 2.35. The van der Waals surface area contributed by atoms with Crippen LogP contribution in [0.15, 0.2) is 47.1 Å². The molecule has 0 saturated heterocycles. The molecule has 1 aliphatic heterocycles. The van der Waals surface area contributed by atoms with Gasteiger partial charge in [-0.05, 0) is 31.4 Å². The zero-order valence-electron chi connectivity index (χ0n) is 11.3. The van der Waals surface area contributed by atoms with E-state index in [9.17, 15) is 10.1 Å².